The summed E-state index contributed by atoms with van der Waals surface area (Å²) < 4.78 is 0. The first-order valence-corrected chi connectivity index (χ1v) is 6.82. The highest BCUT2D eigenvalue weighted by atomic mass is 15.2. The van der Waals surface area contributed by atoms with Gasteiger partial charge >= 0.3 is 0 Å². The molecule has 2 unspecified atom stereocenters. The van der Waals surface area contributed by atoms with Gasteiger partial charge in [-0.1, -0.05) is 30.3 Å². The molecule has 0 spiro atoms. The highest BCUT2D eigenvalue weighted by molar-refractivity contribution is 5.14. The molecule has 2 atom stereocenters. The van der Waals surface area contributed by atoms with Crippen LogP contribution in [0.15, 0.2) is 30.3 Å². The minimum absolute atomic E-state index is 0.726. The topological polar surface area (TPSA) is 15.3 Å². The molecule has 2 heterocycles. The van der Waals surface area contributed by atoms with Crippen LogP contribution in [0.2, 0.25) is 0 Å². The summed E-state index contributed by atoms with van der Waals surface area (Å²) >= 11 is 0. The molecular weight excluding hydrogens is 208 g/mol. The van der Waals surface area contributed by atoms with Crippen LogP contribution in [0.25, 0.3) is 0 Å². The van der Waals surface area contributed by atoms with Gasteiger partial charge in [0.25, 0.3) is 0 Å². The van der Waals surface area contributed by atoms with E-state index in [1.807, 2.05) is 0 Å². The molecule has 0 aromatic heterocycles. The lowest BCUT2D eigenvalue weighted by Crippen LogP contribution is -2.46. The normalized spacial score (nSPS) is 32.9. The third-order valence-corrected chi connectivity index (χ3v) is 4.54. The third kappa shape index (κ3) is 2.38. The Kier molecular flexibility index (Phi) is 3.17. The molecule has 0 amide bonds. The molecule has 0 radical (unpaired) electrons. The Morgan fingerprint density at radius 3 is 2.41 bits per heavy atom. The second kappa shape index (κ2) is 4.79. The summed E-state index contributed by atoms with van der Waals surface area (Å²) in [5.74, 6) is 0. The van der Waals surface area contributed by atoms with Crippen LogP contribution < -0.4 is 5.32 Å². The fourth-order valence-corrected chi connectivity index (χ4v) is 3.44. The molecule has 2 fully saturated rings. The molecule has 1 N–H and O–H groups in total. The first kappa shape index (κ1) is 11.2. The average Bonchev–Trinajstić information content (AvgIpc) is 2.61. The van der Waals surface area contributed by atoms with Crippen LogP contribution in [0.3, 0.4) is 0 Å². The monoisotopic (exact) mass is 230 g/mol. The van der Waals surface area contributed by atoms with Crippen LogP contribution in [0, 0.1) is 0 Å². The summed E-state index contributed by atoms with van der Waals surface area (Å²) in [6, 6.07) is 13.1. The van der Waals surface area contributed by atoms with Crippen LogP contribution in [0.5, 0.6) is 0 Å². The highest BCUT2D eigenvalue weighted by Crippen LogP contribution is 2.34. The summed E-state index contributed by atoms with van der Waals surface area (Å²) in [5.41, 5.74) is 1.40. The SMILES string of the molecule is CN1C2CCC1CC(NCc1ccccc1)C2. The fraction of sp³-hybridized carbons (Fsp3) is 0.600. The van der Waals surface area contributed by atoms with Gasteiger partial charge in [-0.3, -0.25) is 0 Å². The van der Waals surface area contributed by atoms with Crippen molar-refractivity contribution < 1.29 is 0 Å². The predicted molar refractivity (Wildman–Crippen MR) is 70.9 cm³/mol. The van der Waals surface area contributed by atoms with Crippen molar-refractivity contribution in [1.29, 1.82) is 0 Å². The molecule has 0 saturated carbocycles. The van der Waals surface area contributed by atoms with Gasteiger partial charge in [0.15, 0.2) is 0 Å². The maximum absolute atomic E-state index is 3.73. The maximum atomic E-state index is 3.73. The van der Waals surface area contributed by atoms with Crippen LogP contribution in [0.4, 0.5) is 0 Å². The third-order valence-electron chi connectivity index (χ3n) is 4.54. The number of piperidine rings is 1. The summed E-state index contributed by atoms with van der Waals surface area (Å²) in [6.07, 6.45) is 5.48. The Morgan fingerprint density at radius 1 is 1.12 bits per heavy atom. The number of nitrogens with one attached hydrogen (secondary N) is 1. The number of fused-ring (bicyclic) bond motifs is 2. The van der Waals surface area contributed by atoms with E-state index >= 15 is 0 Å². The van der Waals surface area contributed by atoms with Crippen molar-refractivity contribution in [1.82, 2.24) is 10.2 Å². The lowest BCUT2D eigenvalue weighted by Gasteiger charge is -2.36. The Morgan fingerprint density at radius 2 is 1.76 bits per heavy atom. The Balaban J connectivity index is 1.54. The van der Waals surface area contributed by atoms with Crippen molar-refractivity contribution in [2.75, 3.05) is 7.05 Å². The molecule has 3 rings (SSSR count). The number of nitrogens with zero attached hydrogens (tertiary/aromatic N) is 1. The number of benzene rings is 1. The van der Waals surface area contributed by atoms with Crippen LogP contribution >= 0.6 is 0 Å². The van der Waals surface area contributed by atoms with Crippen molar-refractivity contribution in [3.05, 3.63) is 35.9 Å². The molecule has 2 saturated heterocycles. The standard InChI is InChI=1S/C15H22N2/c1-17-14-7-8-15(17)10-13(9-14)16-11-12-5-3-2-4-6-12/h2-6,13-16H,7-11H2,1H3. The lowest BCUT2D eigenvalue weighted by atomic mass is 9.98. The van der Waals surface area contributed by atoms with E-state index in [-0.39, 0.29) is 0 Å². The Hall–Kier alpha value is -0.860. The summed E-state index contributed by atoms with van der Waals surface area (Å²) in [7, 11) is 2.30. The maximum Gasteiger partial charge on any atom is 0.0208 e. The minimum atomic E-state index is 0.726. The van der Waals surface area contributed by atoms with E-state index in [4.69, 9.17) is 0 Å². The van der Waals surface area contributed by atoms with E-state index in [0.29, 0.717) is 0 Å². The zero-order chi connectivity index (χ0) is 11.7. The van der Waals surface area contributed by atoms with E-state index < -0.39 is 0 Å². The Bertz CT molecular complexity index is 348. The van der Waals surface area contributed by atoms with Crippen LogP contribution in [0.1, 0.15) is 31.2 Å². The van der Waals surface area contributed by atoms with Crippen LogP contribution in [-0.2, 0) is 6.54 Å². The van der Waals surface area contributed by atoms with Gasteiger partial charge in [0.1, 0.15) is 0 Å². The van der Waals surface area contributed by atoms with Gasteiger partial charge in [0.2, 0.25) is 0 Å². The van der Waals surface area contributed by atoms with E-state index in [1.165, 1.54) is 31.2 Å². The summed E-state index contributed by atoms with van der Waals surface area (Å²) in [6.45, 7) is 1.02. The smallest absolute Gasteiger partial charge is 0.0208 e. The molecule has 0 aliphatic carbocycles. The molecule has 2 heteroatoms. The molecule has 17 heavy (non-hydrogen) atoms. The van der Waals surface area contributed by atoms with Gasteiger partial charge in [-0.05, 0) is 38.3 Å². The van der Waals surface area contributed by atoms with Crippen LogP contribution in [-0.4, -0.2) is 30.1 Å². The van der Waals surface area contributed by atoms with Crippen molar-refractivity contribution in [3.8, 4) is 0 Å². The van der Waals surface area contributed by atoms with Gasteiger partial charge in [-0.25, -0.2) is 0 Å². The van der Waals surface area contributed by atoms with Gasteiger partial charge in [0, 0.05) is 24.7 Å². The van der Waals surface area contributed by atoms with Gasteiger partial charge in [0.05, 0.1) is 0 Å². The quantitative estimate of drug-likeness (QED) is 0.858. The Labute approximate surface area is 104 Å². The van der Waals surface area contributed by atoms with E-state index in [0.717, 1.165) is 24.7 Å². The molecule has 2 nitrogen and oxygen atoms in total. The second-order valence-corrected chi connectivity index (χ2v) is 5.59. The van der Waals surface area contributed by atoms with Crippen molar-refractivity contribution in [2.24, 2.45) is 0 Å². The van der Waals surface area contributed by atoms with Gasteiger partial charge in [-0.2, -0.15) is 0 Å². The first-order chi connectivity index (χ1) is 8.33. The molecule has 1 aromatic carbocycles. The zero-order valence-corrected chi connectivity index (χ0v) is 10.6. The summed E-state index contributed by atoms with van der Waals surface area (Å²) in [5, 5.41) is 3.73. The predicted octanol–water partition coefficient (Wildman–Crippen LogP) is 2.40. The molecule has 1 aromatic rings. The molecule has 2 aliphatic heterocycles. The highest BCUT2D eigenvalue weighted by Gasteiger charge is 2.37. The number of hydrogen-bond donors (Lipinski definition) is 1. The largest absolute Gasteiger partial charge is 0.310 e. The van der Waals surface area contributed by atoms with E-state index in [1.54, 1.807) is 0 Å². The molecular formula is C15H22N2. The number of rotatable bonds is 3. The van der Waals surface area contributed by atoms with Crippen molar-refractivity contribution >= 4 is 0 Å². The van der Waals surface area contributed by atoms with Crippen molar-refractivity contribution in [2.45, 2.75) is 50.4 Å². The molecule has 92 valence electrons. The van der Waals surface area contributed by atoms with E-state index in [2.05, 4.69) is 47.6 Å². The second-order valence-electron chi connectivity index (χ2n) is 5.59. The fourth-order valence-electron chi connectivity index (χ4n) is 3.44. The zero-order valence-electron chi connectivity index (χ0n) is 10.6. The van der Waals surface area contributed by atoms with E-state index in [9.17, 15) is 0 Å². The number of hydrogen-bond acceptors (Lipinski definition) is 2. The van der Waals surface area contributed by atoms with Gasteiger partial charge < -0.3 is 10.2 Å². The van der Waals surface area contributed by atoms with Crippen molar-refractivity contribution in [3.63, 3.8) is 0 Å². The molecule has 2 bridgehead atoms. The minimum Gasteiger partial charge on any atom is -0.310 e. The van der Waals surface area contributed by atoms with Gasteiger partial charge in [-0.15, -0.1) is 0 Å². The molecule has 2 aliphatic rings. The lowest BCUT2D eigenvalue weighted by molar-refractivity contribution is 0.148. The summed E-state index contributed by atoms with van der Waals surface area (Å²) in [4.78, 5) is 2.60. The first-order valence-electron chi connectivity index (χ1n) is 6.82. The average molecular weight is 230 g/mol.